The summed E-state index contributed by atoms with van der Waals surface area (Å²) in [4.78, 5) is 23.7. The lowest BCUT2D eigenvalue weighted by molar-refractivity contribution is -0.159. The maximum absolute atomic E-state index is 11.7. The molecule has 1 fully saturated rings. The van der Waals surface area contributed by atoms with Gasteiger partial charge < -0.3 is 20.1 Å². The standard InChI is InChI=1S/C12H22N2O4/c1-3-4-5-6-13-11(17)14-8-12(2,9-14)18-7-10(15)16/h3-9H2,1-2H3,(H,13,17)(H,15,16). The van der Waals surface area contributed by atoms with Crippen molar-refractivity contribution < 1.29 is 19.4 Å². The van der Waals surface area contributed by atoms with Crippen LogP contribution in [0.4, 0.5) is 4.79 Å². The van der Waals surface area contributed by atoms with Gasteiger partial charge in [0.2, 0.25) is 0 Å². The minimum absolute atomic E-state index is 0.0949. The fourth-order valence-electron chi connectivity index (χ4n) is 1.91. The van der Waals surface area contributed by atoms with E-state index < -0.39 is 11.6 Å². The Morgan fingerprint density at radius 1 is 1.39 bits per heavy atom. The third-order valence-corrected chi connectivity index (χ3v) is 2.94. The molecule has 0 aromatic carbocycles. The molecule has 6 heteroatoms. The summed E-state index contributed by atoms with van der Waals surface area (Å²) in [5.74, 6) is -0.987. The first-order chi connectivity index (χ1) is 8.47. The Morgan fingerprint density at radius 3 is 2.61 bits per heavy atom. The molecule has 0 unspecified atom stereocenters. The van der Waals surface area contributed by atoms with Gasteiger partial charge in [0.05, 0.1) is 13.1 Å². The van der Waals surface area contributed by atoms with E-state index in [9.17, 15) is 9.59 Å². The lowest BCUT2D eigenvalue weighted by Crippen LogP contribution is -2.65. The second-order valence-electron chi connectivity index (χ2n) is 4.93. The number of rotatable bonds is 7. The first-order valence-electron chi connectivity index (χ1n) is 6.35. The number of hydrogen-bond donors (Lipinski definition) is 2. The quantitative estimate of drug-likeness (QED) is 0.669. The van der Waals surface area contributed by atoms with Crippen LogP contribution in [0.15, 0.2) is 0 Å². The first kappa shape index (κ1) is 14.8. The van der Waals surface area contributed by atoms with Gasteiger partial charge in [0, 0.05) is 6.54 Å². The number of likely N-dealkylation sites (tertiary alicyclic amines) is 1. The van der Waals surface area contributed by atoms with Crippen LogP contribution in [-0.2, 0) is 9.53 Å². The normalized spacial score (nSPS) is 17.1. The van der Waals surface area contributed by atoms with Gasteiger partial charge in [-0.15, -0.1) is 0 Å². The summed E-state index contributed by atoms with van der Waals surface area (Å²) in [6, 6.07) is -0.0949. The van der Waals surface area contributed by atoms with Crippen LogP contribution in [0.1, 0.15) is 33.1 Å². The number of carbonyl (C=O) groups excluding carboxylic acids is 1. The molecule has 1 rings (SSSR count). The fraction of sp³-hybridized carbons (Fsp3) is 0.833. The van der Waals surface area contributed by atoms with Crippen molar-refractivity contribution in [1.29, 1.82) is 0 Å². The molecule has 1 aliphatic heterocycles. The third-order valence-electron chi connectivity index (χ3n) is 2.94. The Hall–Kier alpha value is -1.30. The molecule has 1 aliphatic rings. The van der Waals surface area contributed by atoms with E-state index in [1.165, 1.54) is 0 Å². The number of nitrogens with zero attached hydrogens (tertiary/aromatic N) is 1. The second-order valence-corrected chi connectivity index (χ2v) is 4.93. The van der Waals surface area contributed by atoms with Crippen LogP contribution in [-0.4, -0.2) is 53.8 Å². The van der Waals surface area contributed by atoms with Crippen molar-refractivity contribution in [3.05, 3.63) is 0 Å². The summed E-state index contributed by atoms with van der Waals surface area (Å²) in [5, 5.41) is 11.4. The molecule has 0 aliphatic carbocycles. The molecule has 1 saturated heterocycles. The zero-order valence-corrected chi connectivity index (χ0v) is 11.1. The number of carbonyl (C=O) groups is 2. The van der Waals surface area contributed by atoms with Crippen molar-refractivity contribution in [2.45, 2.75) is 38.7 Å². The second kappa shape index (κ2) is 6.58. The predicted molar refractivity (Wildman–Crippen MR) is 66.5 cm³/mol. The molecule has 0 aromatic rings. The van der Waals surface area contributed by atoms with Crippen LogP contribution in [0.5, 0.6) is 0 Å². The van der Waals surface area contributed by atoms with Crippen LogP contribution in [0.3, 0.4) is 0 Å². The number of ether oxygens (including phenoxy) is 1. The predicted octanol–water partition coefficient (Wildman–Crippen LogP) is 1.06. The summed E-state index contributed by atoms with van der Waals surface area (Å²) in [6.07, 6.45) is 3.23. The average Bonchev–Trinajstić information content (AvgIpc) is 2.28. The highest BCUT2D eigenvalue weighted by atomic mass is 16.5. The Morgan fingerprint density at radius 2 is 2.06 bits per heavy atom. The number of hydrogen-bond acceptors (Lipinski definition) is 3. The summed E-state index contributed by atoms with van der Waals surface area (Å²) < 4.78 is 5.23. The van der Waals surface area contributed by atoms with Crippen molar-refractivity contribution in [1.82, 2.24) is 10.2 Å². The molecule has 1 heterocycles. The van der Waals surface area contributed by atoms with Gasteiger partial charge in [-0.05, 0) is 13.3 Å². The molecule has 0 aromatic heterocycles. The molecule has 0 saturated carbocycles. The molecule has 0 atom stereocenters. The van der Waals surface area contributed by atoms with Gasteiger partial charge in [0.1, 0.15) is 12.2 Å². The Bertz CT molecular complexity index is 300. The lowest BCUT2D eigenvalue weighted by Gasteiger charge is -2.46. The molecular formula is C12H22N2O4. The molecule has 6 nitrogen and oxygen atoms in total. The lowest BCUT2D eigenvalue weighted by atomic mass is 9.97. The van der Waals surface area contributed by atoms with Crippen LogP contribution in [0, 0.1) is 0 Å². The zero-order valence-electron chi connectivity index (χ0n) is 11.1. The number of urea groups is 1. The maximum Gasteiger partial charge on any atom is 0.329 e. The number of carboxylic acid groups (broad SMARTS) is 1. The minimum Gasteiger partial charge on any atom is -0.480 e. The van der Waals surface area contributed by atoms with Gasteiger partial charge >= 0.3 is 12.0 Å². The van der Waals surface area contributed by atoms with E-state index in [4.69, 9.17) is 9.84 Å². The van der Waals surface area contributed by atoms with Gasteiger partial charge in [0.15, 0.2) is 0 Å². The van der Waals surface area contributed by atoms with Crippen molar-refractivity contribution >= 4 is 12.0 Å². The van der Waals surface area contributed by atoms with Crippen molar-refractivity contribution in [3.63, 3.8) is 0 Å². The first-order valence-corrected chi connectivity index (χ1v) is 6.35. The number of carboxylic acids is 1. The van der Waals surface area contributed by atoms with Gasteiger partial charge in [0.25, 0.3) is 0 Å². The van der Waals surface area contributed by atoms with E-state index >= 15 is 0 Å². The summed E-state index contributed by atoms with van der Waals surface area (Å²) in [5.41, 5.74) is -0.515. The van der Waals surface area contributed by atoms with Gasteiger partial charge in [-0.25, -0.2) is 9.59 Å². The molecule has 2 amide bonds. The largest absolute Gasteiger partial charge is 0.480 e. The molecule has 0 radical (unpaired) electrons. The molecule has 104 valence electrons. The number of amides is 2. The van der Waals surface area contributed by atoms with E-state index in [1.54, 1.807) is 4.90 Å². The number of aliphatic carboxylic acids is 1. The molecule has 2 N–H and O–H groups in total. The van der Waals surface area contributed by atoms with Crippen LogP contribution < -0.4 is 5.32 Å². The third kappa shape index (κ3) is 4.52. The molecule has 0 spiro atoms. The zero-order chi connectivity index (χ0) is 13.6. The van der Waals surface area contributed by atoms with Gasteiger partial charge in [-0.1, -0.05) is 19.8 Å². The van der Waals surface area contributed by atoms with Crippen LogP contribution >= 0.6 is 0 Å². The maximum atomic E-state index is 11.7. The Kier molecular flexibility index (Phi) is 5.40. The SMILES string of the molecule is CCCCCNC(=O)N1CC(C)(OCC(=O)O)C1. The topological polar surface area (TPSA) is 78.9 Å². The highest BCUT2D eigenvalue weighted by molar-refractivity contribution is 5.75. The van der Waals surface area contributed by atoms with E-state index in [-0.39, 0.29) is 12.6 Å². The highest BCUT2D eigenvalue weighted by Gasteiger charge is 2.42. The van der Waals surface area contributed by atoms with Crippen molar-refractivity contribution in [3.8, 4) is 0 Å². The van der Waals surface area contributed by atoms with Crippen molar-refractivity contribution in [2.24, 2.45) is 0 Å². The fourth-order valence-corrected chi connectivity index (χ4v) is 1.91. The van der Waals surface area contributed by atoms with Gasteiger partial charge in [-0.2, -0.15) is 0 Å². The monoisotopic (exact) mass is 258 g/mol. The number of unbranched alkanes of at least 4 members (excludes halogenated alkanes) is 2. The summed E-state index contributed by atoms with van der Waals surface area (Å²) in [6.45, 7) is 5.19. The molecule has 18 heavy (non-hydrogen) atoms. The Balaban J connectivity index is 2.16. The molecule has 0 bridgehead atoms. The number of nitrogens with one attached hydrogen (secondary N) is 1. The van der Waals surface area contributed by atoms with E-state index in [0.29, 0.717) is 19.6 Å². The van der Waals surface area contributed by atoms with Crippen molar-refractivity contribution in [2.75, 3.05) is 26.2 Å². The van der Waals surface area contributed by atoms with Gasteiger partial charge in [-0.3, -0.25) is 0 Å². The minimum atomic E-state index is -0.987. The van der Waals surface area contributed by atoms with Crippen LogP contribution in [0.2, 0.25) is 0 Å². The smallest absolute Gasteiger partial charge is 0.329 e. The Labute approximate surface area is 107 Å². The molecular weight excluding hydrogens is 236 g/mol. The van der Waals surface area contributed by atoms with E-state index in [1.807, 2.05) is 6.92 Å². The van der Waals surface area contributed by atoms with E-state index in [0.717, 1.165) is 19.3 Å². The summed E-state index contributed by atoms with van der Waals surface area (Å²) in [7, 11) is 0. The van der Waals surface area contributed by atoms with E-state index in [2.05, 4.69) is 12.2 Å². The van der Waals surface area contributed by atoms with Crippen LogP contribution in [0.25, 0.3) is 0 Å². The highest BCUT2D eigenvalue weighted by Crippen LogP contribution is 2.24. The summed E-state index contributed by atoms with van der Waals surface area (Å²) >= 11 is 0. The average molecular weight is 258 g/mol.